The van der Waals surface area contributed by atoms with Gasteiger partial charge in [-0.15, -0.1) is 0 Å². The Morgan fingerprint density at radius 3 is 2.56 bits per heavy atom. The Balaban J connectivity index is 1.74. The number of nitrogens with zero attached hydrogens (tertiary/aromatic N) is 3. The molecule has 34 heavy (non-hydrogen) atoms. The van der Waals surface area contributed by atoms with Crippen molar-refractivity contribution in [3.05, 3.63) is 63.2 Å². The molecule has 3 atom stereocenters. The minimum Gasteiger partial charge on any atom is -0.363 e. The van der Waals surface area contributed by atoms with Gasteiger partial charge >= 0.3 is 0 Å². The van der Waals surface area contributed by atoms with Crippen molar-refractivity contribution in [2.45, 2.75) is 43.8 Å². The van der Waals surface area contributed by atoms with E-state index in [1.807, 2.05) is 26.0 Å². The van der Waals surface area contributed by atoms with Crippen molar-refractivity contribution in [3.63, 3.8) is 0 Å². The van der Waals surface area contributed by atoms with Gasteiger partial charge < -0.3 is 5.32 Å². The smallest absolute Gasteiger partial charge is 0.255 e. The normalized spacial score (nSPS) is 17.6. The van der Waals surface area contributed by atoms with E-state index >= 15 is 0 Å². The summed E-state index contributed by atoms with van der Waals surface area (Å²) < 4.78 is 39.9. The molecule has 1 aromatic carbocycles. The fraction of sp³-hybridized carbons (Fsp3) is 0.435. The van der Waals surface area contributed by atoms with E-state index < -0.39 is 15.0 Å². The zero-order chi connectivity index (χ0) is 24.8. The fourth-order valence-corrected chi connectivity index (χ4v) is 6.84. The summed E-state index contributed by atoms with van der Waals surface area (Å²) in [6.45, 7) is 3.86. The van der Waals surface area contributed by atoms with Crippen LogP contribution in [0, 0.1) is 6.92 Å². The number of nitrogens with one attached hydrogen (secondary N) is 1. The van der Waals surface area contributed by atoms with Crippen molar-refractivity contribution >= 4 is 45.2 Å². The average Bonchev–Trinajstić information content (AvgIpc) is 2.76. The van der Waals surface area contributed by atoms with Gasteiger partial charge in [0.15, 0.2) is 5.15 Å². The molecule has 1 N–H and O–H groups in total. The van der Waals surface area contributed by atoms with Crippen molar-refractivity contribution in [2.75, 3.05) is 16.8 Å². The fourth-order valence-electron chi connectivity index (χ4n) is 4.72. The summed E-state index contributed by atoms with van der Waals surface area (Å²) in [6.07, 6.45) is 2.26. The molecule has 1 aliphatic heterocycles. The number of aryl methyl sites for hydroxylation is 1. The van der Waals surface area contributed by atoms with Gasteiger partial charge in [-0.1, -0.05) is 36.7 Å². The molecule has 11 heteroatoms. The Labute approximate surface area is 203 Å². The first-order valence-corrected chi connectivity index (χ1v) is 14.0. The van der Waals surface area contributed by atoms with Crippen LogP contribution in [-0.2, 0) is 22.0 Å². The first-order valence-electron chi connectivity index (χ1n) is 11.1. The maximum absolute atomic E-state index is 14.6. The number of alkyl halides is 1. The van der Waals surface area contributed by atoms with Gasteiger partial charge in [-0.3, -0.25) is 9.36 Å². The van der Waals surface area contributed by atoms with Gasteiger partial charge in [0.05, 0.1) is 22.9 Å². The second kappa shape index (κ2) is 9.25. The van der Waals surface area contributed by atoms with Gasteiger partial charge in [-0.2, -0.15) is 0 Å². The molecule has 3 aromatic rings. The molecule has 182 valence electrons. The van der Waals surface area contributed by atoms with Crippen LogP contribution in [0.25, 0.3) is 11.0 Å². The van der Waals surface area contributed by atoms with E-state index in [-0.39, 0.29) is 29.0 Å². The van der Waals surface area contributed by atoms with Gasteiger partial charge in [0, 0.05) is 12.6 Å². The molecule has 4 rings (SSSR count). The Hall–Kier alpha value is -1.95. The summed E-state index contributed by atoms with van der Waals surface area (Å²) in [5.41, 5.74) is 3.24. The number of sulfone groups is 1. The molecule has 0 bridgehead atoms. The molecular weight excluding hydrogens is 493 g/mol. The molecule has 2 aromatic heterocycles. The van der Waals surface area contributed by atoms with E-state index in [0.29, 0.717) is 40.8 Å². The molecule has 0 spiro atoms. The lowest BCUT2D eigenvalue weighted by molar-refractivity contribution is 0.421. The first kappa shape index (κ1) is 25.2. The summed E-state index contributed by atoms with van der Waals surface area (Å²) >= 11 is 0. The lowest BCUT2D eigenvalue weighted by Gasteiger charge is -2.24. The maximum Gasteiger partial charge on any atom is 0.255 e. The highest BCUT2D eigenvalue weighted by Gasteiger charge is 2.28. The predicted octanol–water partition coefficient (Wildman–Crippen LogP) is 3.93. The number of halogens is 1. The Morgan fingerprint density at radius 2 is 1.91 bits per heavy atom. The quantitative estimate of drug-likeness (QED) is 0.511. The topological polar surface area (TPSA) is 94.0 Å². The van der Waals surface area contributed by atoms with Gasteiger partial charge in [0.25, 0.3) is 5.56 Å². The van der Waals surface area contributed by atoms with Crippen LogP contribution in [0.5, 0.6) is 0 Å². The van der Waals surface area contributed by atoms with E-state index in [1.54, 1.807) is 19.2 Å². The van der Waals surface area contributed by atoms with E-state index in [9.17, 15) is 17.6 Å². The van der Waals surface area contributed by atoms with Crippen LogP contribution < -0.4 is 10.9 Å². The highest BCUT2D eigenvalue weighted by molar-refractivity contribution is 7.91. The molecule has 1 saturated heterocycles. The van der Waals surface area contributed by atoms with Crippen LogP contribution in [0.2, 0.25) is 0 Å². The SMILES string of the molecule is Cc1c([C@@H](C)Nc2ncnc3c2cc(C2CCS(=O)(=O)CC2)c(=O)n3C)cccc1C(F)(P)P. The minimum absolute atomic E-state index is 0.0867. The lowest BCUT2D eigenvalue weighted by Crippen LogP contribution is -2.29. The van der Waals surface area contributed by atoms with E-state index in [4.69, 9.17) is 0 Å². The highest BCUT2D eigenvalue weighted by Crippen LogP contribution is 2.43. The maximum atomic E-state index is 14.6. The third-order valence-electron chi connectivity index (χ3n) is 6.63. The first-order chi connectivity index (χ1) is 15.9. The van der Waals surface area contributed by atoms with Crippen molar-refractivity contribution in [1.29, 1.82) is 0 Å². The predicted molar refractivity (Wildman–Crippen MR) is 141 cm³/mol. The van der Waals surface area contributed by atoms with Crippen LogP contribution in [-0.4, -0.2) is 34.5 Å². The molecule has 0 aliphatic carbocycles. The zero-order valence-electron chi connectivity index (χ0n) is 19.4. The standard InChI is InChI=1S/C23H29FN4O3P2S/c1-13-16(5-4-6-19(13)23(24,32)33)14(2)27-20-18-11-17(15-7-9-34(30,31)10-8-15)22(29)28(3)21(18)26-12-25-20/h4-6,11-12,14-15H,7-10,32-33H2,1-3H3,(H,25,26,27)/t14-/m1/s1. The highest BCUT2D eigenvalue weighted by atomic mass is 32.2. The molecular formula is C23H29FN4O3P2S. The van der Waals surface area contributed by atoms with Crippen molar-refractivity contribution in [3.8, 4) is 0 Å². The van der Waals surface area contributed by atoms with Gasteiger partial charge in [0.2, 0.25) is 0 Å². The number of benzene rings is 1. The molecule has 2 unspecified atom stereocenters. The molecule has 1 fully saturated rings. The van der Waals surface area contributed by atoms with Crippen LogP contribution >= 0.6 is 18.5 Å². The van der Waals surface area contributed by atoms with Crippen LogP contribution in [0.1, 0.15) is 54.0 Å². The average molecular weight is 523 g/mol. The summed E-state index contributed by atoms with van der Waals surface area (Å²) in [5, 5.41) is 2.47. The van der Waals surface area contributed by atoms with E-state index in [2.05, 4.69) is 33.8 Å². The lowest BCUT2D eigenvalue weighted by atomic mass is 9.93. The third kappa shape index (κ3) is 4.89. The monoisotopic (exact) mass is 522 g/mol. The van der Waals surface area contributed by atoms with E-state index in [0.717, 1.165) is 11.1 Å². The number of fused-ring (bicyclic) bond motifs is 1. The second-order valence-electron chi connectivity index (χ2n) is 9.00. The van der Waals surface area contributed by atoms with Crippen molar-refractivity contribution in [2.24, 2.45) is 7.05 Å². The summed E-state index contributed by atoms with van der Waals surface area (Å²) in [7, 11) is 3.04. The van der Waals surface area contributed by atoms with E-state index in [1.165, 1.54) is 10.9 Å². The molecule has 0 amide bonds. The van der Waals surface area contributed by atoms with Crippen LogP contribution in [0.3, 0.4) is 0 Å². The molecule has 0 saturated carbocycles. The van der Waals surface area contributed by atoms with Crippen molar-refractivity contribution < 1.29 is 12.8 Å². The van der Waals surface area contributed by atoms with Gasteiger partial charge in [-0.05, 0) is 55.4 Å². The number of aromatic nitrogens is 3. The van der Waals surface area contributed by atoms with Crippen molar-refractivity contribution in [1.82, 2.24) is 14.5 Å². The molecule has 0 radical (unpaired) electrons. The molecule has 7 nitrogen and oxygen atoms in total. The Morgan fingerprint density at radius 1 is 1.24 bits per heavy atom. The number of hydrogen-bond acceptors (Lipinski definition) is 6. The third-order valence-corrected chi connectivity index (χ3v) is 8.97. The number of anilines is 1. The molecule has 3 heterocycles. The minimum atomic E-state index is -3.04. The van der Waals surface area contributed by atoms with Gasteiger partial charge in [0.1, 0.15) is 27.6 Å². The Kier molecular flexibility index (Phi) is 6.84. The van der Waals surface area contributed by atoms with Crippen LogP contribution in [0.15, 0.2) is 35.4 Å². The zero-order valence-corrected chi connectivity index (χ0v) is 22.5. The van der Waals surface area contributed by atoms with Crippen LogP contribution in [0.4, 0.5) is 10.2 Å². The number of hydrogen-bond donors (Lipinski definition) is 1. The van der Waals surface area contributed by atoms with Gasteiger partial charge in [-0.25, -0.2) is 22.8 Å². The second-order valence-corrected chi connectivity index (χ2v) is 13.7. The molecule has 1 aliphatic rings. The summed E-state index contributed by atoms with van der Waals surface area (Å²) in [5.74, 6) is 0.607. The summed E-state index contributed by atoms with van der Waals surface area (Å²) in [4.78, 5) is 21.8. The largest absolute Gasteiger partial charge is 0.363 e. The Bertz CT molecular complexity index is 1410. The summed E-state index contributed by atoms with van der Waals surface area (Å²) in [6, 6.07) is 7.14. The number of pyridine rings is 1. The number of rotatable bonds is 5.